The lowest BCUT2D eigenvalue weighted by molar-refractivity contribution is -0.184. The topological polar surface area (TPSA) is 60.4 Å². The van der Waals surface area contributed by atoms with Crippen molar-refractivity contribution in [2.75, 3.05) is 7.11 Å². The van der Waals surface area contributed by atoms with E-state index in [1.54, 1.807) is 0 Å². The van der Waals surface area contributed by atoms with E-state index in [0.717, 1.165) is 11.1 Å². The molecule has 1 aromatic carbocycles. The van der Waals surface area contributed by atoms with E-state index in [1.165, 1.54) is 19.3 Å². The molecule has 4 atom stereocenters. The molecule has 3 aliphatic rings. The van der Waals surface area contributed by atoms with Crippen molar-refractivity contribution in [3.8, 4) is 0 Å². The van der Waals surface area contributed by atoms with E-state index >= 15 is 0 Å². The fourth-order valence-electron chi connectivity index (χ4n) is 4.40. The molecule has 120 valence electrons. The quantitative estimate of drug-likeness (QED) is 0.620. The van der Waals surface area contributed by atoms with Crippen LogP contribution in [0.5, 0.6) is 0 Å². The minimum Gasteiger partial charge on any atom is -0.468 e. The van der Waals surface area contributed by atoms with Crippen molar-refractivity contribution in [3.63, 3.8) is 0 Å². The normalized spacial score (nSPS) is 34.7. The standard InChI is InChI=1S/C20H16O4/c1-24-19(23)20-14-8-7-13(11-12-5-3-2-4-6-12)17(14)18(20)15(21)9-10-16(20)22/h2-11,14,17-18H,1H3/b13-11+/t14-,17+,18-,20+/m1/s1. The predicted molar refractivity (Wildman–Crippen MR) is 87.6 cm³/mol. The van der Waals surface area contributed by atoms with E-state index in [1.807, 2.05) is 48.6 Å². The number of hydrogen-bond donors (Lipinski definition) is 0. The van der Waals surface area contributed by atoms with Gasteiger partial charge in [0.2, 0.25) is 0 Å². The number of rotatable bonds is 2. The van der Waals surface area contributed by atoms with Crippen molar-refractivity contribution in [1.29, 1.82) is 0 Å². The minimum absolute atomic E-state index is 0.147. The highest BCUT2D eigenvalue weighted by molar-refractivity contribution is 6.20. The van der Waals surface area contributed by atoms with Crippen LogP contribution in [-0.4, -0.2) is 24.6 Å². The average Bonchev–Trinajstić information content (AvgIpc) is 2.92. The summed E-state index contributed by atoms with van der Waals surface area (Å²) < 4.78 is 4.90. The molecular formula is C20H16O4. The summed E-state index contributed by atoms with van der Waals surface area (Å²) in [4.78, 5) is 37.4. The van der Waals surface area contributed by atoms with E-state index in [-0.39, 0.29) is 23.4 Å². The van der Waals surface area contributed by atoms with Crippen molar-refractivity contribution in [2.45, 2.75) is 0 Å². The molecule has 24 heavy (non-hydrogen) atoms. The SMILES string of the molecule is COC(=O)[C@@]12C(=O)C=CC(=O)[C@@H]1[C@H]1/C(=C/c3ccccc3)C=C[C@H]12. The summed E-state index contributed by atoms with van der Waals surface area (Å²) in [6, 6.07) is 9.79. The molecule has 1 aromatic rings. The van der Waals surface area contributed by atoms with Gasteiger partial charge in [0.05, 0.1) is 13.0 Å². The molecule has 0 aromatic heterocycles. The summed E-state index contributed by atoms with van der Waals surface area (Å²) >= 11 is 0. The Labute approximate surface area is 139 Å². The molecule has 0 N–H and O–H groups in total. The van der Waals surface area contributed by atoms with Crippen LogP contribution in [0.1, 0.15) is 5.56 Å². The van der Waals surface area contributed by atoms with Gasteiger partial charge in [-0.1, -0.05) is 48.6 Å². The largest absolute Gasteiger partial charge is 0.468 e. The van der Waals surface area contributed by atoms with Crippen LogP contribution < -0.4 is 0 Å². The lowest BCUT2D eigenvalue weighted by Gasteiger charge is -2.55. The smallest absolute Gasteiger partial charge is 0.321 e. The van der Waals surface area contributed by atoms with Gasteiger partial charge in [-0.2, -0.15) is 0 Å². The third-order valence-corrected chi connectivity index (χ3v) is 5.41. The van der Waals surface area contributed by atoms with Crippen molar-refractivity contribution in [2.24, 2.45) is 23.2 Å². The first-order valence-corrected chi connectivity index (χ1v) is 7.90. The molecule has 0 bridgehead atoms. The zero-order chi connectivity index (χ0) is 16.9. The molecule has 0 amide bonds. The maximum absolute atomic E-state index is 12.5. The molecule has 3 aliphatic carbocycles. The molecule has 0 unspecified atom stereocenters. The highest BCUT2D eigenvalue weighted by Gasteiger charge is 2.73. The number of methoxy groups -OCH3 is 1. The summed E-state index contributed by atoms with van der Waals surface area (Å²) in [6.45, 7) is 0. The molecule has 0 heterocycles. The van der Waals surface area contributed by atoms with E-state index in [9.17, 15) is 14.4 Å². The van der Waals surface area contributed by atoms with Crippen LogP contribution in [0.3, 0.4) is 0 Å². The van der Waals surface area contributed by atoms with Crippen LogP contribution in [0.2, 0.25) is 0 Å². The number of hydrogen-bond acceptors (Lipinski definition) is 4. The van der Waals surface area contributed by atoms with Crippen molar-refractivity contribution < 1.29 is 19.1 Å². The van der Waals surface area contributed by atoms with Gasteiger partial charge in [0.25, 0.3) is 0 Å². The van der Waals surface area contributed by atoms with Gasteiger partial charge in [-0.25, -0.2) is 0 Å². The number of carbonyl (C=O) groups excluding carboxylic acids is 3. The predicted octanol–water partition coefficient (Wildman–Crippen LogP) is 2.37. The number of benzene rings is 1. The summed E-state index contributed by atoms with van der Waals surface area (Å²) in [6.07, 6.45) is 8.32. The highest BCUT2D eigenvalue weighted by Crippen LogP contribution is 2.65. The molecule has 0 radical (unpaired) electrons. The monoisotopic (exact) mass is 320 g/mol. The molecular weight excluding hydrogens is 304 g/mol. The first-order chi connectivity index (χ1) is 11.6. The highest BCUT2D eigenvalue weighted by atomic mass is 16.5. The second-order valence-electron chi connectivity index (χ2n) is 6.40. The van der Waals surface area contributed by atoms with Gasteiger partial charge < -0.3 is 4.74 Å². The van der Waals surface area contributed by atoms with E-state index in [2.05, 4.69) is 0 Å². The molecule has 1 fully saturated rings. The number of fused-ring (bicyclic) bond motifs is 4. The number of esters is 1. The van der Waals surface area contributed by atoms with Gasteiger partial charge in [0.15, 0.2) is 11.6 Å². The third-order valence-electron chi connectivity index (χ3n) is 5.41. The van der Waals surface area contributed by atoms with E-state index in [4.69, 9.17) is 4.74 Å². The molecule has 0 aliphatic heterocycles. The summed E-state index contributed by atoms with van der Waals surface area (Å²) in [5.41, 5.74) is 0.624. The molecule has 0 spiro atoms. The van der Waals surface area contributed by atoms with Crippen molar-refractivity contribution >= 4 is 23.6 Å². The van der Waals surface area contributed by atoms with Gasteiger partial charge in [0, 0.05) is 11.8 Å². The fourth-order valence-corrected chi connectivity index (χ4v) is 4.40. The van der Waals surface area contributed by atoms with Gasteiger partial charge in [-0.15, -0.1) is 0 Å². The van der Waals surface area contributed by atoms with E-state index < -0.39 is 17.3 Å². The molecule has 0 saturated heterocycles. The van der Waals surface area contributed by atoms with Crippen LogP contribution in [0.15, 0.2) is 60.2 Å². The van der Waals surface area contributed by atoms with Crippen molar-refractivity contribution in [3.05, 3.63) is 65.8 Å². The third kappa shape index (κ3) is 1.71. The van der Waals surface area contributed by atoms with E-state index in [0.29, 0.717) is 0 Å². The second-order valence-corrected chi connectivity index (χ2v) is 6.40. The van der Waals surface area contributed by atoms with Crippen LogP contribution in [-0.2, 0) is 19.1 Å². The lowest BCUT2D eigenvalue weighted by Crippen LogP contribution is -2.67. The zero-order valence-corrected chi connectivity index (χ0v) is 13.1. The van der Waals surface area contributed by atoms with Crippen LogP contribution in [0, 0.1) is 23.2 Å². The summed E-state index contributed by atoms with van der Waals surface area (Å²) in [7, 11) is 1.26. The molecule has 1 saturated carbocycles. The first kappa shape index (κ1) is 14.8. The number of ether oxygens (including phenoxy) is 1. The van der Waals surface area contributed by atoms with Gasteiger partial charge in [-0.05, 0) is 23.3 Å². The molecule has 4 nitrogen and oxygen atoms in total. The van der Waals surface area contributed by atoms with Crippen LogP contribution in [0.25, 0.3) is 6.08 Å². The Kier molecular flexibility index (Phi) is 3.17. The Bertz CT molecular complexity index is 830. The van der Waals surface area contributed by atoms with Gasteiger partial charge in [0.1, 0.15) is 5.41 Å². The Morgan fingerprint density at radius 1 is 1.12 bits per heavy atom. The second kappa shape index (κ2) is 5.13. The maximum Gasteiger partial charge on any atom is 0.321 e. The Morgan fingerprint density at radius 3 is 2.58 bits per heavy atom. The van der Waals surface area contributed by atoms with Gasteiger partial charge in [-0.3, -0.25) is 14.4 Å². The number of carbonyl (C=O) groups is 3. The molecule has 4 heteroatoms. The Morgan fingerprint density at radius 2 is 1.88 bits per heavy atom. The van der Waals surface area contributed by atoms with Crippen LogP contribution >= 0.6 is 0 Å². The molecule has 4 rings (SSSR count). The fraction of sp³-hybridized carbons (Fsp3) is 0.250. The average molecular weight is 320 g/mol. The Hall–Kier alpha value is -2.75. The van der Waals surface area contributed by atoms with Crippen LogP contribution in [0.4, 0.5) is 0 Å². The number of ketones is 2. The maximum atomic E-state index is 12.5. The lowest BCUT2D eigenvalue weighted by atomic mass is 9.43. The summed E-state index contributed by atoms with van der Waals surface area (Å²) in [5, 5.41) is 0. The zero-order valence-electron chi connectivity index (χ0n) is 13.1. The minimum atomic E-state index is -1.38. The first-order valence-electron chi connectivity index (χ1n) is 7.90. The number of allylic oxidation sites excluding steroid dienone is 5. The van der Waals surface area contributed by atoms with Gasteiger partial charge >= 0.3 is 5.97 Å². The van der Waals surface area contributed by atoms with Crippen molar-refractivity contribution in [1.82, 2.24) is 0 Å². The summed E-state index contributed by atoms with van der Waals surface area (Å²) in [5.74, 6) is -2.24. The Balaban J connectivity index is 1.79.